The van der Waals surface area contributed by atoms with Crippen LogP contribution in [-0.2, 0) is 11.2 Å². The number of hydrogen-bond acceptors (Lipinski definition) is 5. The molecule has 0 bridgehead atoms. The van der Waals surface area contributed by atoms with Gasteiger partial charge in [0.1, 0.15) is 16.1 Å². The fourth-order valence-electron chi connectivity index (χ4n) is 1.98. The van der Waals surface area contributed by atoms with E-state index in [1.165, 1.54) is 10.3 Å². The van der Waals surface area contributed by atoms with Crippen molar-refractivity contribution >= 4 is 44.1 Å². The molecule has 0 aliphatic carbocycles. The van der Waals surface area contributed by atoms with E-state index >= 15 is 0 Å². The van der Waals surface area contributed by atoms with E-state index in [9.17, 15) is 4.79 Å². The molecule has 0 saturated carbocycles. The molecule has 0 unspecified atom stereocenters. The highest BCUT2D eigenvalue weighted by Gasteiger charge is 2.24. The Kier molecular flexibility index (Phi) is 3.41. The van der Waals surface area contributed by atoms with E-state index < -0.39 is 0 Å². The van der Waals surface area contributed by atoms with Crippen LogP contribution >= 0.6 is 23.1 Å². The lowest BCUT2D eigenvalue weighted by atomic mass is 10.2. The Labute approximate surface area is 120 Å². The lowest BCUT2D eigenvalue weighted by molar-refractivity contribution is -0.117. The van der Waals surface area contributed by atoms with Crippen LogP contribution in [0.15, 0.2) is 23.2 Å². The van der Waals surface area contributed by atoms with E-state index in [0.717, 1.165) is 27.7 Å². The Bertz CT molecular complexity index is 675. The highest BCUT2D eigenvalue weighted by atomic mass is 32.2. The molecule has 5 heteroatoms. The molecular formula is C14H14N2OS2. The normalized spacial score (nSPS) is 18.8. The maximum Gasteiger partial charge on any atom is 0.155 e. The highest BCUT2D eigenvalue weighted by Crippen LogP contribution is 2.30. The van der Waals surface area contributed by atoms with Crippen molar-refractivity contribution in [1.29, 1.82) is 0 Å². The van der Waals surface area contributed by atoms with E-state index in [4.69, 9.17) is 0 Å². The highest BCUT2D eigenvalue weighted by molar-refractivity contribution is 8.15. The second kappa shape index (κ2) is 5.06. The van der Waals surface area contributed by atoms with Gasteiger partial charge < -0.3 is 0 Å². The van der Waals surface area contributed by atoms with Gasteiger partial charge in [-0.05, 0) is 31.0 Å². The van der Waals surface area contributed by atoms with Gasteiger partial charge in [-0.2, -0.15) is 0 Å². The first-order valence-corrected chi connectivity index (χ1v) is 8.08. The van der Waals surface area contributed by atoms with Gasteiger partial charge in [-0.1, -0.05) is 13.0 Å². The summed E-state index contributed by atoms with van der Waals surface area (Å²) in [6.45, 7) is 3.75. The van der Waals surface area contributed by atoms with Gasteiger partial charge in [-0.25, -0.2) is 4.98 Å². The van der Waals surface area contributed by atoms with Crippen molar-refractivity contribution in [1.82, 2.24) is 4.98 Å². The third-order valence-electron chi connectivity index (χ3n) is 3.16. The second-order valence-electron chi connectivity index (χ2n) is 4.55. The van der Waals surface area contributed by atoms with Gasteiger partial charge in [0.15, 0.2) is 5.78 Å². The average molecular weight is 290 g/mol. The maximum absolute atomic E-state index is 11.3. The minimum absolute atomic E-state index is 0.136. The molecule has 1 aromatic heterocycles. The van der Waals surface area contributed by atoms with Crippen molar-refractivity contribution in [2.45, 2.75) is 26.3 Å². The summed E-state index contributed by atoms with van der Waals surface area (Å²) < 4.78 is 1.20. The summed E-state index contributed by atoms with van der Waals surface area (Å²) in [4.78, 5) is 20.4. The number of nitrogens with zero attached hydrogens (tertiary/aromatic N) is 2. The Hall–Kier alpha value is -1.20. The third kappa shape index (κ3) is 2.44. The van der Waals surface area contributed by atoms with E-state index in [1.807, 2.05) is 0 Å². The molecule has 0 radical (unpaired) electrons. The molecule has 3 rings (SSSR count). The summed E-state index contributed by atoms with van der Waals surface area (Å²) in [7, 11) is 0. The molecule has 98 valence electrons. The van der Waals surface area contributed by atoms with Crippen molar-refractivity contribution in [3.8, 4) is 0 Å². The molecule has 0 N–H and O–H groups in total. The zero-order valence-electron chi connectivity index (χ0n) is 10.8. The standard InChI is InChI=1S/C14H14N2OS2/c1-3-9-4-5-10-12(6-9)19-14(15-10)13-16-11(7-18-13)8(2)17/h4-6,11H,3,7H2,1-2H3/t11-/m1/s1. The van der Waals surface area contributed by atoms with Crippen molar-refractivity contribution in [3.05, 3.63) is 28.8 Å². The number of aryl methyl sites for hydroxylation is 1. The molecule has 1 aliphatic heterocycles. The number of fused-ring (bicyclic) bond motifs is 1. The molecular weight excluding hydrogens is 276 g/mol. The van der Waals surface area contributed by atoms with Crippen LogP contribution in [0.25, 0.3) is 10.2 Å². The largest absolute Gasteiger partial charge is 0.298 e. The topological polar surface area (TPSA) is 42.3 Å². The Balaban J connectivity index is 1.98. The second-order valence-corrected chi connectivity index (χ2v) is 6.59. The molecule has 2 heterocycles. The summed E-state index contributed by atoms with van der Waals surface area (Å²) in [5, 5.41) is 1.86. The number of aliphatic imine (C=N–C) groups is 1. The molecule has 0 spiro atoms. The molecule has 2 aromatic rings. The summed E-state index contributed by atoms with van der Waals surface area (Å²) in [6, 6.07) is 6.20. The van der Waals surface area contributed by atoms with Crippen LogP contribution in [0.2, 0.25) is 0 Å². The summed E-state index contributed by atoms with van der Waals surface area (Å²) in [6.07, 6.45) is 1.03. The van der Waals surface area contributed by atoms with Crippen LogP contribution in [0.1, 0.15) is 24.4 Å². The lowest BCUT2D eigenvalue weighted by Crippen LogP contribution is -2.14. The first-order chi connectivity index (χ1) is 9.17. The van der Waals surface area contributed by atoms with Crippen LogP contribution in [0.5, 0.6) is 0 Å². The van der Waals surface area contributed by atoms with Crippen molar-refractivity contribution in [2.24, 2.45) is 4.99 Å². The van der Waals surface area contributed by atoms with Crippen LogP contribution in [0, 0.1) is 0 Å². The minimum atomic E-state index is -0.182. The average Bonchev–Trinajstić information content (AvgIpc) is 3.04. The summed E-state index contributed by atoms with van der Waals surface area (Å²) in [5.41, 5.74) is 2.34. The molecule has 0 amide bonds. The lowest BCUT2D eigenvalue weighted by Gasteiger charge is -1.95. The number of ketones is 1. The number of benzene rings is 1. The van der Waals surface area contributed by atoms with Crippen LogP contribution < -0.4 is 0 Å². The number of carbonyl (C=O) groups excluding carboxylic acids is 1. The molecule has 1 aromatic carbocycles. The Morgan fingerprint density at radius 3 is 3.00 bits per heavy atom. The number of thiazole rings is 1. The number of aromatic nitrogens is 1. The molecule has 1 aliphatic rings. The van der Waals surface area contributed by atoms with Gasteiger partial charge in [-0.15, -0.1) is 23.1 Å². The minimum Gasteiger partial charge on any atom is -0.298 e. The zero-order chi connectivity index (χ0) is 13.4. The van der Waals surface area contributed by atoms with Gasteiger partial charge in [0, 0.05) is 5.75 Å². The first-order valence-electron chi connectivity index (χ1n) is 6.28. The SMILES string of the molecule is CCc1ccc2nc(C3=N[C@@H](C(C)=O)CS3)sc2c1. The monoisotopic (exact) mass is 290 g/mol. The third-order valence-corrected chi connectivity index (χ3v) is 5.37. The zero-order valence-corrected chi connectivity index (χ0v) is 12.5. The van der Waals surface area contributed by atoms with E-state index in [0.29, 0.717) is 0 Å². The smallest absolute Gasteiger partial charge is 0.155 e. The summed E-state index contributed by atoms with van der Waals surface area (Å²) >= 11 is 3.30. The van der Waals surface area contributed by atoms with Gasteiger partial charge >= 0.3 is 0 Å². The van der Waals surface area contributed by atoms with E-state index in [-0.39, 0.29) is 11.8 Å². The summed E-state index contributed by atoms with van der Waals surface area (Å²) in [5.74, 6) is 0.887. The van der Waals surface area contributed by atoms with E-state index in [1.54, 1.807) is 30.0 Å². The number of thioether (sulfide) groups is 1. The van der Waals surface area contributed by atoms with Crippen molar-refractivity contribution in [3.63, 3.8) is 0 Å². The Morgan fingerprint density at radius 1 is 1.47 bits per heavy atom. The number of hydrogen-bond donors (Lipinski definition) is 0. The predicted molar refractivity (Wildman–Crippen MR) is 82.5 cm³/mol. The van der Waals surface area contributed by atoms with Gasteiger partial charge in [0.2, 0.25) is 0 Å². The first kappa shape index (κ1) is 12.8. The number of carbonyl (C=O) groups is 1. The molecule has 0 saturated heterocycles. The fraction of sp³-hybridized carbons (Fsp3) is 0.357. The van der Waals surface area contributed by atoms with Crippen LogP contribution in [-0.4, -0.2) is 27.6 Å². The predicted octanol–water partition coefficient (Wildman–Crippen LogP) is 3.31. The van der Waals surface area contributed by atoms with Crippen LogP contribution in [0.3, 0.4) is 0 Å². The fourth-order valence-corrected chi connectivity index (χ4v) is 4.20. The van der Waals surface area contributed by atoms with Crippen molar-refractivity contribution in [2.75, 3.05) is 5.75 Å². The quantitative estimate of drug-likeness (QED) is 0.871. The van der Waals surface area contributed by atoms with Crippen LogP contribution in [0.4, 0.5) is 0 Å². The molecule has 3 nitrogen and oxygen atoms in total. The molecule has 0 fully saturated rings. The maximum atomic E-state index is 11.3. The molecule has 19 heavy (non-hydrogen) atoms. The Morgan fingerprint density at radius 2 is 2.32 bits per heavy atom. The number of Topliss-reactive ketones (excluding diaryl/α,β-unsaturated/α-hetero) is 1. The van der Waals surface area contributed by atoms with Crippen molar-refractivity contribution < 1.29 is 4.79 Å². The van der Waals surface area contributed by atoms with Gasteiger partial charge in [-0.3, -0.25) is 9.79 Å². The van der Waals surface area contributed by atoms with Gasteiger partial charge in [0.25, 0.3) is 0 Å². The van der Waals surface area contributed by atoms with E-state index in [2.05, 4.69) is 35.1 Å². The van der Waals surface area contributed by atoms with Gasteiger partial charge in [0.05, 0.1) is 10.2 Å². The number of rotatable bonds is 3. The molecule has 1 atom stereocenters.